The number of aryl methyl sites for hydroxylation is 1. The molecule has 0 spiro atoms. The molecule has 6 nitrogen and oxygen atoms in total. The minimum absolute atomic E-state index is 0.0849. The van der Waals surface area contributed by atoms with Gasteiger partial charge in [0.25, 0.3) is 5.91 Å². The van der Waals surface area contributed by atoms with Gasteiger partial charge in [0.15, 0.2) is 11.5 Å². The monoisotopic (exact) mass is 439 g/mol. The predicted molar refractivity (Wildman–Crippen MR) is 103 cm³/mol. The van der Waals surface area contributed by atoms with Crippen molar-refractivity contribution in [2.24, 2.45) is 5.10 Å². The van der Waals surface area contributed by atoms with Crippen LogP contribution >= 0.6 is 22.6 Å². The molecule has 0 saturated heterocycles. The number of nitrogens with one attached hydrogen (secondary N) is 2. The second kappa shape index (κ2) is 8.53. The highest BCUT2D eigenvalue weighted by Crippen LogP contribution is 2.31. The first kappa shape index (κ1) is 18.1. The number of rotatable bonds is 6. The second-order valence-electron chi connectivity index (χ2n) is 5.07. The number of carbonyl (C=O) groups excluding carboxylic acids is 1. The summed E-state index contributed by atoms with van der Waals surface area (Å²) in [6, 6.07) is 11.1. The van der Waals surface area contributed by atoms with Crippen LogP contribution < -0.4 is 15.5 Å². The predicted octanol–water partition coefficient (Wildman–Crippen LogP) is 2.88. The van der Waals surface area contributed by atoms with Crippen molar-refractivity contribution in [3.05, 3.63) is 51.1 Å². The number of hydrogen-bond acceptors (Lipinski definition) is 5. The molecule has 0 aromatic heterocycles. The largest absolute Gasteiger partial charge is 0.504 e. The van der Waals surface area contributed by atoms with Gasteiger partial charge in [0.05, 0.1) is 23.4 Å². The summed E-state index contributed by atoms with van der Waals surface area (Å²) in [7, 11) is 1.48. The fourth-order valence-corrected chi connectivity index (χ4v) is 2.61. The van der Waals surface area contributed by atoms with E-state index in [0.717, 1.165) is 11.3 Å². The van der Waals surface area contributed by atoms with Gasteiger partial charge in [-0.15, -0.1) is 0 Å². The van der Waals surface area contributed by atoms with E-state index in [0.29, 0.717) is 14.9 Å². The summed E-state index contributed by atoms with van der Waals surface area (Å²) in [5, 5.41) is 16.7. The lowest BCUT2D eigenvalue weighted by Crippen LogP contribution is -2.25. The van der Waals surface area contributed by atoms with Crippen molar-refractivity contribution in [2.75, 3.05) is 19.0 Å². The highest BCUT2D eigenvalue weighted by atomic mass is 127. The lowest BCUT2D eigenvalue weighted by molar-refractivity contribution is -0.119. The van der Waals surface area contributed by atoms with E-state index in [-0.39, 0.29) is 18.2 Å². The molecule has 0 atom stereocenters. The van der Waals surface area contributed by atoms with Gasteiger partial charge in [0.1, 0.15) is 0 Å². The topological polar surface area (TPSA) is 83.0 Å². The van der Waals surface area contributed by atoms with Crippen LogP contribution in [0.15, 0.2) is 41.5 Å². The van der Waals surface area contributed by atoms with Gasteiger partial charge >= 0.3 is 0 Å². The minimum atomic E-state index is -0.256. The quantitative estimate of drug-likeness (QED) is 0.367. The van der Waals surface area contributed by atoms with Gasteiger partial charge in [-0.25, -0.2) is 5.43 Å². The average molecular weight is 439 g/mol. The number of halogens is 1. The Labute approximate surface area is 154 Å². The zero-order chi connectivity index (χ0) is 17.5. The fraction of sp³-hybridized carbons (Fsp3) is 0.176. The van der Waals surface area contributed by atoms with Gasteiger partial charge in [-0.05, 0) is 64.9 Å². The molecule has 2 aromatic rings. The standard InChI is InChI=1S/C17H18IN3O3/c1-11-4-3-5-13(6-11)19-10-16(22)21-20-9-12-7-14(18)17(23)15(8-12)24-2/h3-9,19,23H,10H2,1-2H3,(H,21,22)/b20-9-. The number of hydrazone groups is 1. The van der Waals surface area contributed by atoms with Crippen molar-refractivity contribution in [2.45, 2.75) is 6.92 Å². The van der Waals surface area contributed by atoms with E-state index in [1.165, 1.54) is 13.3 Å². The van der Waals surface area contributed by atoms with Crippen LogP contribution in [0.4, 0.5) is 5.69 Å². The highest BCUT2D eigenvalue weighted by Gasteiger charge is 2.07. The first-order valence-corrected chi connectivity index (χ1v) is 8.26. The Bertz CT molecular complexity index is 763. The third kappa shape index (κ3) is 5.12. The maximum absolute atomic E-state index is 11.8. The van der Waals surface area contributed by atoms with Crippen LogP contribution in [0.5, 0.6) is 11.5 Å². The van der Waals surface area contributed by atoms with E-state index in [4.69, 9.17) is 4.74 Å². The first-order chi connectivity index (χ1) is 11.5. The summed E-state index contributed by atoms with van der Waals surface area (Å²) in [6.45, 7) is 2.11. The lowest BCUT2D eigenvalue weighted by atomic mass is 10.2. The number of hydrogen-bond donors (Lipinski definition) is 3. The molecule has 2 rings (SSSR count). The molecular weight excluding hydrogens is 421 g/mol. The number of nitrogens with zero attached hydrogens (tertiary/aromatic N) is 1. The van der Waals surface area contributed by atoms with Crippen LogP contribution in [-0.4, -0.2) is 30.9 Å². The molecule has 7 heteroatoms. The van der Waals surface area contributed by atoms with Crippen LogP contribution in [0, 0.1) is 10.5 Å². The highest BCUT2D eigenvalue weighted by molar-refractivity contribution is 14.1. The van der Waals surface area contributed by atoms with Crippen LogP contribution in [0.25, 0.3) is 0 Å². The number of ether oxygens (including phenoxy) is 1. The molecule has 0 bridgehead atoms. The van der Waals surface area contributed by atoms with Crippen molar-refractivity contribution >= 4 is 40.4 Å². The fourth-order valence-electron chi connectivity index (χ4n) is 1.98. The number of phenols is 1. The molecule has 0 aliphatic rings. The normalized spacial score (nSPS) is 10.6. The number of carbonyl (C=O) groups is 1. The van der Waals surface area contributed by atoms with E-state index >= 15 is 0 Å². The number of benzene rings is 2. The van der Waals surface area contributed by atoms with Crippen LogP contribution in [0.2, 0.25) is 0 Å². The zero-order valence-electron chi connectivity index (χ0n) is 13.3. The average Bonchev–Trinajstić information content (AvgIpc) is 2.56. The van der Waals surface area contributed by atoms with Crippen molar-refractivity contribution in [3.8, 4) is 11.5 Å². The number of amides is 1. The van der Waals surface area contributed by atoms with Crippen molar-refractivity contribution in [1.82, 2.24) is 5.43 Å². The van der Waals surface area contributed by atoms with Gasteiger partial charge in [0.2, 0.25) is 0 Å². The Morgan fingerprint density at radius 1 is 1.38 bits per heavy atom. The molecule has 0 fully saturated rings. The van der Waals surface area contributed by atoms with Gasteiger partial charge < -0.3 is 15.2 Å². The Balaban J connectivity index is 1.89. The third-order valence-electron chi connectivity index (χ3n) is 3.14. The molecular formula is C17H18IN3O3. The Hall–Kier alpha value is -2.29. The molecule has 2 aromatic carbocycles. The van der Waals surface area contributed by atoms with Gasteiger partial charge in [-0.2, -0.15) is 5.10 Å². The molecule has 0 radical (unpaired) electrons. The number of methoxy groups -OCH3 is 1. The SMILES string of the molecule is COc1cc(/C=N\NC(=O)CNc2cccc(C)c2)cc(I)c1O. The van der Waals surface area contributed by atoms with E-state index in [1.54, 1.807) is 12.1 Å². The van der Waals surface area contributed by atoms with E-state index in [9.17, 15) is 9.90 Å². The van der Waals surface area contributed by atoms with E-state index in [1.807, 2.05) is 53.8 Å². The molecule has 0 aliphatic heterocycles. The summed E-state index contributed by atoms with van der Waals surface area (Å²) >= 11 is 2.00. The summed E-state index contributed by atoms with van der Waals surface area (Å²) in [6.07, 6.45) is 1.49. The smallest absolute Gasteiger partial charge is 0.259 e. The van der Waals surface area contributed by atoms with Crippen LogP contribution in [-0.2, 0) is 4.79 Å². The molecule has 0 aliphatic carbocycles. The van der Waals surface area contributed by atoms with E-state index in [2.05, 4.69) is 15.8 Å². The van der Waals surface area contributed by atoms with Crippen molar-refractivity contribution in [1.29, 1.82) is 0 Å². The zero-order valence-corrected chi connectivity index (χ0v) is 15.5. The first-order valence-electron chi connectivity index (χ1n) is 7.18. The summed E-state index contributed by atoms with van der Waals surface area (Å²) in [5.41, 5.74) is 5.16. The van der Waals surface area contributed by atoms with Crippen molar-refractivity contribution < 1.29 is 14.6 Å². The molecule has 126 valence electrons. The number of anilines is 1. The Morgan fingerprint density at radius 3 is 2.88 bits per heavy atom. The van der Waals surface area contributed by atoms with Gasteiger partial charge in [-0.1, -0.05) is 12.1 Å². The summed E-state index contributed by atoms with van der Waals surface area (Å²) in [5.74, 6) is 0.186. The van der Waals surface area contributed by atoms with Crippen molar-refractivity contribution in [3.63, 3.8) is 0 Å². The maximum Gasteiger partial charge on any atom is 0.259 e. The molecule has 24 heavy (non-hydrogen) atoms. The minimum Gasteiger partial charge on any atom is -0.504 e. The molecule has 0 unspecified atom stereocenters. The lowest BCUT2D eigenvalue weighted by Gasteiger charge is -2.07. The number of phenolic OH excluding ortho intramolecular Hbond substituents is 1. The van der Waals surface area contributed by atoms with E-state index < -0.39 is 0 Å². The van der Waals surface area contributed by atoms with Gasteiger partial charge in [0, 0.05) is 5.69 Å². The van der Waals surface area contributed by atoms with Crippen LogP contribution in [0.1, 0.15) is 11.1 Å². The molecule has 0 heterocycles. The van der Waals surface area contributed by atoms with Gasteiger partial charge in [-0.3, -0.25) is 4.79 Å². The summed E-state index contributed by atoms with van der Waals surface area (Å²) < 4.78 is 5.72. The number of aromatic hydroxyl groups is 1. The van der Waals surface area contributed by atoms with Crippen LogP contribution in [0.3, 0.4) is 0 Å². The summed E-state index contributed by atoms with van der Waals surface area (Å²) in [4.78, 5) is 11.8. The second-order valence-corrected chi connectivity index (χ2v) is 6.23. The Morgan fingerprint density at radius 2 is 2.17 bits per heavy atom. The Kier molecular flexibility index (Phi) is 6.42. The molecule has 0 saturated carbocycles. The molecule has 1 amide bonds. The maximum atomic E-state index is 11.8. The third-order valence-corrected chi connectivity index (χ3v) is 3.97. The molecule has 3 N–H and O–H groups in total.